The van der Waals surface area contributed by atoms with Crippen molar-refractivity contribution in [2.75, 3.05) is 24.8 Å². The number of aryl methyl sites for hydroxylation is 1. The molecule has 1 amide bonds. The van der Waals surface area contributed by atoms with Crippen LogP contribution in [0.25, 0.3) is 0 Å². The van der Waals surface area contributed by atoms with Crippen molar-refractivity contribution in [1.82, 2.24) is 4.90 Å². The largest absolute Gasteiger partial charge is 0.481 e. The molecule has 0 bridgehead atoms. The first-order valence-corrected chi connectivity index (χ1v) is 16.5. The van der Waals surface area contributed by atoms with E-state index in [2.05, 4.69) is 33.8 Å². The van der Waals surface area contributed by atoms with Crippen molar-refractivity contribution < 1.29 is 33.7 Å². The van der Waals surface area contributed by atoms with Gasteiger partial charge in [-0.1, -0.05) is 52.2 Å². The number of rotatable bonds is 14. The average Bonchev–Trinajstić information content (AvgIpc) is 3.58. The summed E-state index contributed by atoms with van der Waals surface area (Å²) in [5.41, 5.74) is 3.21. The average molecular weight is 639 g/mol. The Morgan fingerprint density at radius 1 is 1.13 bits per heavy atom. The van der Waals surface area contributed by atoms with Gasteiger partial charge >= 0.3 is 5.97 Å². The monoisotopic (exact) mass is 638 g/mol. The molecular weight excluding hydrogens is 587 g/mol. The number of anilines is 1. The highest BCUT2D eigenvalue weighted by Crippen LogP contribution is 2.46. The van der Waals surface area contributed by atoms with Gasteiger partial charge in [0.15, 0.2) is 11.5 Å². The highest BCUT2D eigenvalue weighted by atomic mass is 19.1. The van der Waals surface area contributed by atoms with Gasteiger partial charge in [0.05, 0.1) is 19.1 Å². The molecule has 3 atom stereocenters. The standard InChI is InChI=1S/C37H51FN2O6/c1-8-10-27(11-9-2)40(28-12-13-30(38)24(5)14-28)33(42)20-39-19-29(25-15-26(21-41)35-32(16-25)45-22-46-35)34(36(43)44)31(39)18-37(6,7)17-23(3)4/h12-17,27,29,31,34,41H,8-11,18-22H2,1-7H3,(H,43,44)/t29-,31+,34-/m1/s1. The summed E-state index contributed by atoms with van der Waals surface area (Å²) in [5, 5.41) is 20.9. The molecule has 252 valence electrons. The molecule has 2 aliphatic heterocycles. The van der Waals surface area contributed by atoms with E-state index in [1.165, 1.54) is 6.07 Å². The Labute approximate surface area is 273 Å². The fraction of sp³-hybridized carbons (Fsp3) is 0.568. The van der Waals surface area contributed by atoms with Gasteiger partial charge in [-0.25, -0.2) is 4.39 Å². The molecule has 1 saturated heterocycles. The fourth-order valence-electron chi connectivity index (χ4n) is 7.56. The zero-order chi connectivity index (χ0) is 33.8. The molecule has 0 aromatic heterocycles. The number of hydrogen-bond acceptors (Lipinski definition) is 6. The van der Waals surface area contributed by atoms with Crippen molar-refractivity contribution >= 4 is 17.6 Å². The highest BCUT2D eigenvalue weighted by Gasteiger charge is 2.49. The first-order chi connectivity index (χ1) is 21.8. The van der Waals surface area contributed by atoms with Crippen LogP contribution in [-0.4, -0.2) is 59.0 Å². The van der Waals surface area contributed by atoms with Gasteiger partial charge in [0.2, 0.25) is 12.7 Å². The lowest BCUT2D eigenvalue weighted by atomic mass is 9.77. The first-order valence-electron chi connectivity index (χ1n) is 16.5. The summed E-state index contributed by atoms with van der Waals surface area (Å²) >= 11 is 0. The fourth-order valence-corrected chi connectivity index (χ4v) is 7.56. The van der Waals surface area contributed by atoms with Crippen LogP contribution in [0.2, 0.25) is 0 Å². The second-order valence-electron chi connectivity index (χ2n) is 13.9. The molecule has 0 saturated carbocycles. The number of aliphatic hydroxyl groups is 1. The van der Waals surface area contributed by atoms with Gasteiger partial charge in [-0.2, -0.15) is 0 Å². The van der Waals surface area contributed by atoms with Crippen LogP contribution in [0.5, 0.6) is 11.5 Å². The quantitative estimate of drug-likeness (QED) is 0.211. The molecule has 4 rings (SSSR count). The van der Waals surface area contributed by atoms with Crippen molar-refractivity contribution in [2.24, 2.45) is 11.3 Å². The molecule has 2 heterocycles. The molecule has 2 aromatic rings. The van der Waals surface area contributed by atoms with Gasteiger partial charge in [0.25, 0.3) is 0 Å². The van der Waals surface area contributed by atoms with Crippen LogP contribution in [-0.2, 0) is 16.2 Å². The van der Waals surface area contributed by atoms with Crippen molar-refractivity contribution in [1.29, 1.82) is 0 Å². The Hall–Kier alpha value is -3.43. The minimum Gasteiger partial charge on any atom is -0.481 e. The van der Waals surface area contributed by atoms with Crippen LogP contribution >= 0.6 is 0 Å². The van der Waals surface area contributed by atoms with Gasteiger partial charge in [-0.05, 0) is 86.9 Å². The first kappa shape index (κ1) is 35.4. The van der Waals surface area contributed by atoms with Crippen molar-refractivity contribution in [3.05, 3.63) is 64.5 Å². The zero-order valence-corrected chi connectivity index (χ0v) is 28.4. The molecule has 0 spiro atoms. The van der Waals surface area contributed by atoms with E-state index < -0.39 is 23.8 Å². The maximum atomic E-state index is 14.5. The second kappa shape index (κ2) is 15.0. The van der Waals surface area contributed by atoms with E-state index in [1.807, 2.05) is 35.8 Å². The van der Waals surface area contributed by atoms with Crippen molar-refractivity contribution in [3.63, 3.8) is 0 Å². The van der Waals surface area contributed by atoms with Gasteiger partial charge in [-0.15, -0.1) is 0 Å². The number of fused-ring (bicyclic) bond motifs is 1. The number of carbonyl (C=O) groups excluding carboxylic acids is 1. The number of likely N-dealkylation sites (tertiary alicyclic amines) is 1. The number of aliphatic carboxylic acids is 1. The number of carboxylic acid groups (broad SMARTS) is 1. The van der Waals surface area contributed by atoms with E-state index in [4.69, 9.17) is 9.47 Å². The van der Waals surface area contributed by atoms with Gasteiger partial charge < -0.3 is 24.6 Å². The van der Waals surface area contributed by atoms with Gasteiger partial charge in [-0.3, -0.25) is 14.5 Å². The van der Waals surface area contributed by atoms with E-state index in [0.717, 1.165) is 36.8 Å². The van der Waals surface area contributed by atoms with Crippen LogP contribution in [0.3, 0.4) is 0 Å². The Kier molecular flexibility index (Phi) is 11.5. The predicted molar refractivity (Wildman–Crippen MR) is 178 cm³/mol. The van der Waals surface area contributed by atoms with Gasteiger partial charge in [0.1, 0.15) is 5.82 Å². The number of carbonyl (C=O) groups is 2. The Morgan fingerprint density at radius 3 is 2.41 bits per heavy atom. The predicted octanol–water partition coefficient (Wildman–Crippen LogP) is 7.21. The SMILES string of the molecule is CCCC(CCC)N(C(=O)CN1C[C@H](c2cc(CO)c3c(c2)OCO3)[C@@H](C(=O)O)[C@@H]1CC(C)(C)C=C(C)C)c1ccc(F)c(C)c1. The number of benzene rings is 2. The minimum atomic E-state index is -0.929. The number of allylic oxidation sites excluding steroid dienone is 2. The number of nitrogens with zero attached hydrogens (tertiary/aromatic N) is 2. The third-order valence-electron chi connectivity index (χ3n) is 9.25. The summed E-state index contributed by atoms with van der Waals surface area (Å²) < 4.78 is 25.6. The normalized spacial score (nSPS) is 19.5. The molecule has 9 heteroatoms. The van der Waals surface area contributed by atoms with Crippen LogP contribution < -0.4 is 14.4 Å². The lowest BCUT2D eigenvalue weighted by molar-refractivity contribution is -0.143. The lowest BCUT2D eigenvalue weighted by Gasteiger charge is -2.36. The van der Waals surface area contributed by atoms with E-state index >= 15 is 0 Å². The molecule has 46 heavy (non-hydrogen) atoms. The Bertz CT molecular complexity index is 1430. The maximum absolute atomic E-state index is 14.5. The molecular formula is C37H51FN2O6. The summed E-state index contributed by atoms with van der Waals surface area (Å²) in [6.07, 6.45) is 6.06. The molecule has 1 fully saturated rings. The van der Waals surface area contributed by atoms with E-state index in [0.29, 0.717) is 41.3 Å². The van der Waals surface area contributed by atoms with Gasteiger partial charge in [0, 0.05) is 35.8 Å². The topological polar surface area (TPSA) is 99.5 Å². The van der Waals surface area contributed by atoms with E-state index in [-0.39, 0.29) is 43.1 Å². The zero-order valence-electron chi connectivity index (χ0n) is 28.4. The van der Waals surface area contributed by atoms with Crippen molar-refractivity contribution in [3.8, 4) is 11.5 Å². The molecule has 0 unspecified atom stereocenters. The molecule has 2 aromatic carbocycles. The van der Waals surface area contributed by atoms with E-state index in [1.54, 1.807) is 19.1 Å². The summed E-state index contributed by atoms with van der Waals surface area (Å²) in [5.74, 6) is -1.68. The second-order valence-corrected chi connectivity index (χ2v) is 13.9. The van der Waals surface area contributed by atoms with Crippen LogP contribution in [0.1, 0.15) is 96.3 Å². The molecule has 2 N–H and O–H groups in total. The number of ether oxygens (including phenoxy) is 2. The lowest BCUT2D eigenvalue weighted by Crippen LogP contribution is -2.48. The van der Waals surface area contributed by atoms with Crippen LogP contribution in [0.15, 0.2) is 42.0 Å². The maximum Gasteiger partial charge on any atom is 0.308 e. The number of carboxylic acids is 1. The Balaban J connectivity index is 1.78. The minimum absolute atomic E-state index is 0.0214. The molecule has 8 nitrogen and oxygen atoms in total. The summed E-state index contributed by atoms with van der Waals surface area (Å²) in [7, 11) is 0. The molecule has 0 radical (unpaired) electrons. The smallest absolute Gasteiger partial charge is 0.308 e. The molecule has 0 aliphatic carbocycles. The third kappa shape index (κ3) is 7.92. The number of halogens is 1. The highest BCUT2D eigenvalue weighted by molar-refractivity contribution is 5.95. The van der Waals surface area contributed by atoms with Crippen LogP contribution in [0, 0.1) is 24.1 Å². The number of hydrogen-bond donors (Lipinski definition) is 2. The van der Waals surface area contributed by atoms with Crippen molar-refractivity contribution in [2.45, 2.75) is 105 Å². The summed E-state index contributed by atoms with van der Waals surface area (Å²) in [6.45, 7) is 14.3. The Morgan fingerprint density at radius 2 is 1.83 bits per heavy atom. The molecule has 2 aliphatic rings. The number of amides is 1. The number of aliphatic hydroxyl groups excluding tert-OH is 1. The summed E-state index contributed by atoms with van der Waals surface area (Å²) in [4.78, 5) is 31.5. The summed E-state index contributed by atoms with van der Waals surface area (Å²) in [6, 6.07) is 7.92. The third-order valence-corrected chi connectivity index (χ3v) is 9.25. The van der Waals surface area contributed by atoms with Crippen LogP contribution in [0.4, 0.5) is 10.1 Å². The van der Waals surface area contributed by atoms with E-state index in [9.17, 15) is 24.2 Å².